The highest BCUT2D eigenvalue weighted by molar-refractivity contribution is 5.94. The van der Waals surface area contributed by atoms with Crippen molar-refractivity contribution < 1.29 is 24.2 Å². The van der Waals surface area contributed by atoms with Crippen molar-refractivity contribution in [2.75, 3.05) is 13.2 Å². The number of carbonyl (C=O) groups is 2. The van der Waals surface area contributed by atoms with E-state index in [1.54, 1.807) is 18.2 Å². The van der Waals surface area contributed by atoms with Crippen LogP contribution in [0.1, 0.15) is 28.4 Å². The molecule has 2 N–H and O–H groups in total. The maximum Gasteiger partial charge on any atom is 0.341 e. The minimum Gasteiger partial charge on any atom is -0.482 e. The minimum absolute atomic E-state index is 0.257. The van der Waals surface area contributed by atoms with Crippen molar-refractivity contribution in [2.24, 2.45) is 0 Å². The first-order valence-corrected chi connectivity index (χ1v) is 7.97. The highest BCUT2D eigenvalue weighted by atomic mass is 16.5. The number of carboxylic acids is 1. The number of benzene rings is 2. The van der Waals surface area contributed by atoms with Crippen LogP contribution in [0.15, 0.2) is 48.5 Å². The van der Waals surface area contributed by atoms with Gasteiger partial charge >= 0.3 is 5.97 Å². The zero-order valence-corrected chi connectivity index (χ0v) is 14.0. The molecular formula is C19H21NO5. The molecule has 2 aromatic rings. The molecule has 0 radical (unpaired) electrons. The second kappa shape index (κ2) is 9.44. The van der Waals surface area contributed by atoms with Crippen LogP contribution in [0.3, 0.4) is 0 Å². The first kappa shape index (κ1) is 18.5. The van der Waals surface area contributed by atoms with Crippen molar-refractivity contribution in [1.29, 1.82) is 0 Å². The average Bonchev–Trinajstić information content (AvgIpc) is 2.63. The van der Waals surface area contributed by atoms with Gasteiger partial charge in [-0.25, -0.2) is 4.79 Å². The number of carbonyl (C=O) groups excluding carboxylic acids is 1. The molecule has 6 heteroatoms. The predicted octanol–water partition coefficient (Wildman–Crippen LogP) is 2.62. The number of ether oxygens (including phenoxy) is 2. The summed E-state index contributed by atoms with van der Waals surface area (Å²) in [4.78, 5) is 22.9. The molecule has 132 valence electrons. The highest BCUT2D eigenvalue weighted by Crippen LogP contribution is 2.14. The number of rotatable bonds is 9. The zero-order chi connectivity index (χ0) is 18.1. The van der Waals surface area contributed by atoms with Crippen molar-refractivity contribution in [3.63, 3.8) is 0 Å². The first-order chi connectivity index (χ1) is 12.1. The van der Waals surface area contributed by atoms with E-state index in [4.69, 9.17) is 14.6 Å². The lowest BCUT2D eigenvalue weighted by atomic mass is 10.1. The highest BCUT2D eigenvalue weighted by Gasteiger charge is 2.09. The molecule has 2 rings (SSSR count). The molecule has 0 aliphatic rings. The number of amides is 1. The van der Waals surface area contributed by atoms with Gasteiger partial charge in [-0.3, -0.25) is 4.79 Å². The molecule has 0 aliphatic carbocycles. The van der Waals surface area contributed by atoms with Gasteiger partial charge in [-0.1, -0.05) is 30.3 Å². The molecule has 0 unspecified atom stereocenters. The topological polar surface area (TPSA) is 84.9 Å². The Morgan fingerprint density at radius 2 is 1.84 bits per heavy atom. The Balaban J connectivity index is 1.98. The molecule has 0 aliphatic heterocycles. The monoisotopic (exact) mass is 343 g/mol. The Labute approximate surface area is 146 Å². The minimum atomic E-state index is -1.07. The lowest BCUT2D eigenvalue weighted by Crippen LogP contribution is -2.23. The van der Waals surface area contributed by atoms with Crippen molar-refractivity contribution >= 4 is 11.9 Å². The van der Waals surface area contributed by atoms with Crippen LogP contribution in [-0.2, 0) is 22.7 Å². The SMILES string of the molecule is CCOCc1ccccc1CNC(=O)c1cccc(OCC(=O)O)c1. The zero-order valence-electron chi connectivity index (χ0n) is 14.0. The third kappa shape index (κ3) is 5.93. The standard InChI is InChI=1S/C19H21NO5/c1-2-24-12-16-7-4-3-6-15(16)11-20-19(23)14-8-5-9-17(10-14)25-13-18(21)22/h3-10H,2,11-13H2,1H3,(H,20,23)(H,21,22). The summed E-state index contributed by atoms with van der Waals surface area (Å²) in [6.07, 6.45) is 0. The second-order valence-electron chi connectivity index (χ2n) is 5.30. The van der Waals surface area contributed by atoms with E-state index in [1.165, 1.54) is 6.07 Å². The van der Waals surface area contributed by atoms with E-state index in [1.807, 2.05) is 31.2 Å². The molecule has 1 amide bonds. The maximum atomic E-state index is 12.3. The van der Waals surface area contributed by atoms with Gasteiger partial charge in [-0.05, 0) is 36.2 Å². The van der Waals surface area contributed by atoms with Gasteiger partial charge in [0.2, 0.25) is 0 Å². The molecule has 25 heavy (non-hydrogen) atoms. The van der Waals surface area contributed by atoms with Crippen LogP contribution in [0.5, 0.6) is 5.75 Å². The summed E-state index contributed by atoms with van der Waals surface area (Å²) in [6.45, 7) is 2.99. The summed E-state index contributed by atoms with van der Waals surface area (Å²) in [5.41, 5.74) is 2.43. The smallest absolute Gasteiger partial charge is 0.341 e. The Morgan fingerprint density at radius 3 is 2.56 bits per heavy atom. The van der Waals surface area contributed by atoms with Gasteiger partial charge in [-0.15, -0.1) is 0 Å². The molecule has 0 heterocycles. The lowest BCUT2D eigenvalue weighted by Gasteiger charge is -2.11. The van der Waals surface area contributed by atoms with Crippen molar-refractivity contribution in [3.8, 4) is 5.75 Å². The molecule has 2 aromatic carbocycles. The van der Waals surface area contributed by atoms with E-state index in [2.05, 4.69) is 5.32 Å². The second-order valence-corrected chi connectivity index (χ2v) is 5.30. The van der Waals surface area contributed by atoms with E-state index < -0.39 is 12.6 Å². The average molecular weight is 343 g/mol. The summed E-state index contributed by atoms with van der Waals surface area (Å²) in [6, 6.07) is 14.2. The van der Waals surface area contributed by atoms with Crippen LogP contribution in [-0.4, -0.2) is 30.2 Å². The first-order valence-electron chi connectivity index (χ1n) is 7.97. The third-order valence-corrected chi connectivity index (χ3v) is 3.48. The molecular weight excluding hydrogens is 322 g/mol. The molecule has 0 aromatic heterocycles. The molecule has 0 saturated heterocycles. The molecule has 0 fully saturated rings. The fourth-order valence-corrected chi connectivity index (χ4v) is 2.23. The summed E-state index contributed by atoms with van der Waals surface area (Å²) < 4.78 is 10.5. The summed E-state index contributed by atoms with van der Waals surface area (Å²) >= 11 is 0. The summed E-state index contributed by atoms with van der Waals surface area (Å²) in [7, 11) is 0. The van der Waals surface area contributed by atoms with Gasteiger partial charge in [-0.2, -0.15) is 0 Å². The van der Waals surface area contributed by atoms with Crippen molar-refractivity contribution in [3.05, 3.63) is 65.2 Å². The summed E-state index contributed by atoms with van der Waals surface area (Å²) in [5.74, 6) is -0.987. The van der Waals surface area contributed by atoms with Gasteiger partial charge in [0.1, 0.15) is 5.75 Å². The Kier molecular flexibility index (Phi) is 6.98. The molecule has 0 saturated carbocycles. The predicted molar refractivity (Wildman–Crippen MR) is 92.5 cm³/mol. The quantitative estimate of drug-likeness (QED) is 0.731. The Hall–Kier alpha value is -2.86. The molecule has 0 atom stereocenters. The van der Waals surface area contributed by atoms with Gasteiger partial charge in [0.05, 0.1) is 6.61 Å². The van der Waals surface area contributed by atoms with Crippen LogP contribution in [0.4, 0.5) is 0 Å². The van der Waals surface area contributed by atoms with Gasteiger partial charge < -0.3 is 19.9 Å². The van der Waals surface area contributed by atoms with Crippen molar-refractivity contribution in [2.45, 2.75) is 20.1 Å². The maximum absolute atomic E-state index is 12.3. The largest absolute Gasteiger partial charge is 0.482 e. The van der Waals surface area contributed by atoms with E-state index >= 15 is 0 Å². The van der Waals surface area contributed by atoms with Crippen LogP contribution in [0.2, 0.25) is 0 Å². The van der Waals surface area contributed by atoms with Crippen LogP contribution >= 0.6 is 0 Å². The van der Waals surface area contributed by atoms with Crippen molar-refractivity contribution in [1.82, 2.24) is 5.32 Å². The fraction of sp³-hybridized carbons (Fsp3) is 0.263. The normalized spacial score (nSPS) is 10.3. The number of carboxylic acid groups (broad SMARTS) is 1. The Morgan fingerprint density at radius 1 is 1.08 bits per heavy atom. The fourth-order valence-electron chi connectivity index (χ4n) is 2.23. The summed E-state index contributed by atoms with van der Waals surface area (Å²) in [5, 5.41) is 11.5. The number of hydrogen-bond donors (Lipinski definition) is 2. The molecule has 0 bridgehead atoms. The van der Waals surface area contributed by atoms with E-state index in [0.717, 1.165) is 11.1 Å². The number of hydrogen-bond acceptors (Lipinski definition) is 4. The third-order valence-electron chi connectivity index (χ3n) is 3.48. The van der Waals surface area contributed by atoms with E-state index in [9.17, 15) is 9.59 Å². The molecule has 6 nitrogen and oxygen atoms in total. The van der Waals surface area contributed by atoms with E-state index in [0.29, 0.717) is 31.1 Å². The molecule has 0 spiro atoms. The van der Waals surface area contributed by atoms with Gasteiger partial charge in [0.15, 0.2) is 6.61 Å². The van der Waals surface area contributed by atoms with Crippen LogP contribution in [0.25, 0.3) is 0 Å². The van der Waals surface area contributed by atoms with E-state index in [-0.39, 0.29) is 5.91 Å². The van der Waals surface area contributed by atoms with Crippen LogP contribution < -0.4 is 10.1 Å². The Bertz CT molecular complexity index is 729. The van der Waals surface area contributed by atoms with Crippen LogP contribution in [0, 0.1) is 0 Å². The van der Waals surface area contributed by atoms with Gasteiger partial charge in [0, 0.05) is 18.7 Å². The van der Waals surface area contributed by atoms with Gasteiger partial charge in [0.25, 0.3) is 5.91 Å². The lowest BCUT2D eigenvalue weighted by molar-refractivity contribution is -0.139. The number of nitrogens with one attached hydrogen (secondary N) is 1. The number of aliphatic carboxylic acids is 1.